The smallest absolute Gasteiger partial charge is 0.213 e. The summed E-state index contributed by atoms with van der Waals surface area (Å²) >= 11 is 0. The molecule has 2 aromatic rings. The van der Waals surface area contributed by atoms with Gasteiger partial charge in [-0.15, -0.1) is 0 Å². The van der Waals surface area contributed by atoms with E-state index >= 15 is 0 Å². The summed E-state index contributed by atoms with van der Waals surface area (Å²) in [6, 6.07) is 9.58. The standard InChI is InChI=1S/C18H22N4O3/c1-19-18(21-12-13-6-7-20-17(10-13)23-2)22-14-4-5-15-16(11-14)25-9-3-8-24-15/h4-7,10-11H,3,8-9,12H2,1-2H3,(H2,19,21,22). The molecule has 0 spiro atoms. The normalized spacial score (nSPS) is 13.8. The van der Waals surface area contributed by atoms with E-state index in [1.165, 1.54) is 0 Å². The van der Waals surface area contributed by atoms with Crippen molar-refractivity contribution in [3.63, 3.8) is 0 Å². The minimum absolute atomic E-state index is 0.588. The Balaban J connectivity index is 1.63. The largest absolute Gasteiger partial charge is 0.490 e. The van der Waals surface area contributed by atoms with Gasteiger partial charge in [0, 0.05) is 44.0 Å². The Hall–Kier alpha value is -2.96. The summed E-state index contributed by atoms with van der Waals surface area (Å²) in [5.74, 6) is 2.77. The Labute approximate surface area is 147 Å². The summed E-state index contributed by atoms with van der Waals surface area (Å²) in [5, 5.41) is 6.52. The molecule has 1 aliphatic heterocycles. The molecule has 7 heteroatoms. The Morgan fingerprint density at radius 1 is 1.20 bits per heavy atom. The van der Waals surface area contributed by atoms with E-state index in [9.17, 15) is 0 Å². The van der Waals surface area contributed by atoms with Gasteiger partial charge < -0.3 is 24.8 Å². The maximum absolute atomic E-state index is 5.71. The number of hydrogen-bond donors (Lipinski definition) is 2. The topological polar surface area (TPSA) is 77.0 Å². The summed E-state index contributed by atoms with van der Waals surface area (Å²) in [6.45, 7) is 1.94. The summed E-state index contributed by atoms with van der Waals surface area (Å²) in [7, 11) is 3.33. The number of methoxy groups -OCH3 is 1. The first kappa shape index (κ1) is 16.9. The maximum atomic E-state index is 5.71. The van der Waals surface area contributed by atoms with Gasteiger partial charge in [-0.1, -0.05) is 0 Å². The molecule has 0 saturated heterocycles. The molecule has 3 rings (SSSR count). The summed E-state index contributed by atoms with van der Waals surface area (Å²) in [4.78, 5) is 8.35. The molecule has 0 bridgehead atoms. The fourth-order valence-corrected chi connectivity index (χ4v) is 2.41. The maximum Gasteiger partial charge on any atom is 0.213 e. The van der Waals surface area contributed by atoms with Crippen LogP contribution in [0.15, 0.2) is 41.5 Å². The molecule has 1 aliphatic rings. The highest BCUT2D eigenvalue weighted by Crippen LogP contribution is 2.32. The first-order valence-corrected chi connectivity index (χ1v) is 8.15. The first-order chi connectivity index (χ1) is 12.3. The van der Waals surface area contributed by atoms with Gasteiger partial charge >= 0.3 is 0 Å². The average molecular weight is 342 g/mol. The van der Waals surface area contributed by atoms with Gasteiger partial charge in [-0.05, 0) is 23.8 Å². The van der Waals surface area contributed by atoms with Crippen LogP contribution in [-0.4, -0.2) is 38.3 Å². The van der Waals surface area contributed by atoms with E-state index in [2.05, 4.69) is 20.6 Å². The van der Waals surface area contributed by atoms with Crippen molar-refractivity contribution in [1.29, 1.82) is 0 Å². The van der Waals surface area contributed by atoms with Crippen LogP contribution >= 0.6 is 0 Å². The summed E-state index contributed by atoms with van der Waals surface area (Å²) in [5.41, 5.74) is 1.93. The molecular weight excluding hydrogens is 320 g/mol. The number of hydrogen-bond acceptors (Lipinski definition) is 5. The van der Waals surface area contributed by atoms with E-state index < -0.39 is 0 Å². The SMILES string of the molecule is CN=C(NCc1ccnc(OC)c1)Nc1ccc2c(c1)OCCCO2. The quantitative estimate of drug-likeness (QED) is 0.656. The summed E-state index contributed by atoms with van der Waals surface area (Å²) < 4.78 is 16.5. The second kappa shape index (κ2) is 8.23. The number of fused-ring (bicyclic) bond motifs is 1. The van der Waals surface area contributed by atoms with Gasteiger partial charge in [0.25, 0.3) is 0 Å². The van der Waals surface area contributed by atoms with Gasteiger partial charge in [0.2, 0.25) is 5.88 Å². The van der Waals surface area contributed by atoms with E-state index in [0.29, 0.717) is 31.6 Å². The number of nitrogens with zero attached hydrogens (tertiary/aromatic N) is 2. The molecule has 0 atom stereocenters. The Morgan fingerprint density at radius 3 is 2.84 bits per heavy atom. The lowest BCUT2D eigenvalue weighted by molar-refractivity contribution is 0.297. The molecule has 25 heavy (non-hydrogen) atoms. The third kappa shape index (κ3) is 4.53. The second-order valence-corrected chi connectivity index (χ2v) is 5.47. The van der Waals surface area contributed by atoms with Crippen LogP contribution in [0.25, 0.3) is 0 Å². The van der Waals surface area contributed by atoms with Gasteiger partial charge in [-0.25, -0.2) is 4.98 Å². The zero-order chi connectivity index (χ0) is 17.5. The number of benzene rings is 1. The van der Waals surface area contributed by atoms with Gasteiger partial charge in [0.1, 0.15) is 0 Å². The third-order valence-corrected chi connectivity index (χ3v) is 3.70. The Morgan fingerprint density at radius 2 is 2.04 bits per heavy atom. The number of ether oxygens (including phenoxy) is 3. The lowest BCUT2D eigenvalue weighted by Crippen LogP contribution is -2.30. The minimum Gasteiger partial charge on any atom is -0.490 e. The van der Waals surface area contributed by atoms with E-state index in [1.807, 2.05) is 30.3 Å². The van der Waals surface area contributed by atoms with Crippen LogP contribution < -0.4 is 24.8 Å². The van der Waals surface area contributed by atoms with Crippen molar-refractivity contribution in [3.8, 4) is 17.4 Å². The average Bonchev–Trinajstić information content (AvgIpc) is 2.90. The molecule has 0 amide bonds. The number of aromatic nitrogens is 1. The van der Waals surface area contributed by atoms with Crippen LogP contribution in [0.5, 0.6) is 17.4 Å². The fourth-order valence-electron chi connectivity index (χ4n) is 2.41. The Bertz CT molecular complexity index is 749. The highest BCUT2D eigenvalue weighted by molar-refractivity contribution is 5.93. The second-order valence-electron chi connectivity index (χ2n) is 5.47. The van der Waals surface area contributed by atoms with Crippen molar-refractivity contribution in [2.75, 3.05) is 32.7 Å². The molecule has 0 fully saturated rings. The van der Waals surface area contributed by atoms with Crippen LogP contribution in [0.2, 0.25) is 0 Å². The molecule has 0 unspecified atom stereocenters. The van der Waals surface area contributed by atoms with Crippen LogP contribution in [0.1, 0.15) is 12.0 Å². The fraction of sp³-hybridized carbons (Fsp3) is 0.333. The minimum atomic E-state index is 0.588. The number of nitrogens with one attached hydrogen (secondary N) is 2. The lowest BCUT2D eigenvalue weighted by Gasteiger charge is -2.14. The number of aliphatic imine (C=N–C) groups is 1. The van der Waals surface area contributed by atoms with E-state index in [4.69, 9.17) is 14.2 Å². The van der Waals surface area contributed by atoms with Crippen LogP contribution in [-0.2, 0) is 6.54 Å². The van der Waals surface area contributed by atoms with E-state index in [1.54, 1.807) is 20.4 Å². The van der Waals surface area contributed by atoms with Crippen molar-refractivity contribution in [3.05, 3.63) is 42.1 Å². The zero-order valence-corrected chi connectivity index (χ0v) is 14.4. The number of anilines is 1. The van der Waals surface area contributed by atoms with Crippen LogP contribution in [0.3, 0.4) is 0 Å². The molecule has 7 nitrogen and oxygen atoms in total. The number of pyridine rings is 1. The van der Waals surface area contributed by atoms with E-state index in [-0.39, 0.29) is 0 Å². The molecule has 0 aliphatic carbocycles. The molecule has 0 saturated carbocycles. The third-order valence-electron chi connectivity index (χ3n) is 3.70. The highest BCUT2D eigenvalue weighted by atomic mass is 16.5. The monoisotopic (exact) mass is 342 g/mol. The van der Waals surface area contributed by atoms with Crippen molar-refractivity contribution in [2.24, 2.45) is 4.99 Å². The predicted octanol–water partition coefficient (Wildman–Crippen LogP) is 2.44. The van der Waals surface area contributed by atoms with E-state index in [0.717, 1.165) is 29.2 Å². The molecule has 2 heterocycles. The van der Waals surface area contributed by atoms with Crippen molar-refractivity contribution < 1.29 is 14.2 Å². The molecule has 2 N–H and O–H groups in total. The molecule has 1 aromatic carbocycles. The van der Waals surface area contributed by atoms with Gasteiger partial charge in [0.15, 0.2) is 17.5 Å². The Kier molecular flexibility index (Phi) is 5.56. The van der Waals surface area contributed by atoms with Crippen LogP contribution in [0, 0.1) is 0 Å². The predicted molar refractivity (Wildman–Crippen MR) is 96.7 cm³/mol. The van der Waals surface area contributed by atoms with Crippen molar-refractivity contribution >= 4 is 11.6 Å². The highest BCUT2D eigenvalue weighted by Gasteiger charge is 2.11. The molecular formula is C18H22N4O3. The van der Waals surface area contributed by atoms with Gasteiger partial charge in [-0.2, -0.15) is 0 Å². The van der Waals surface area contributed by atoms with Gasteiger partial charge in [0.05, 0.1) is 20.3 Å². The zero-order valence-electron chi connectivity index (χ0n) is 14.4. The van der Waals surface area contributed by atoms with Gasteiger partial charge in [-0.3, -0.25) is 4.99 Å². The van der Waals surface area contributed by atoms with Crippen molar-refractivity contribution in [1.82, 2.24) is 10.3 Å². The molecule has 132 valence electrons. The number of guanidine groups is 1. The first-order valence-electron chi connectivity index (χ1n) is 8.15. The van der Waals surface area contributed by atoms with Crippen molar-refractivity contribution in [2.45, 2.75) is 13.0 Å². The summed E-state index contributed by atoms with van der Waals surface area (Å²) in [6.07, 6.45) is 2.60. The number of rotatable bonds is 4. The molecule has 1 aromatic heterocycles. The lowest BCUT2D eigenvalue weighted by atomic mass is 10.2. The van der Waals surface area contributed by atoms with Crippen LogP contribution in [0.4, 0.5) is 5.69 Å². The molecule has 0 radical (unpaired) electrons.